The molecule has 1 N–H and O–H groups in total. The lowest BCUT2D eigenvalue weighted by Gasteiger charge is -2.35. The van der Waals surface area contributed by atoms with Crippen molar-refractivity contribution in [2.45, 2.75) is 46.0 Å². The first-order chi connectivity index (χ1) is 9.65. The second kappa shape index (κ2) is 7.12. The Kier molecular flexibility index (Phi) is 5.47. The highest BCUT2D eigenvalue weighted by atomic mass is 15.1. The van der Waals surface area contributed by atoms with Crippen molar-refractivity contribution >= 4 is 5.69 Å². The Labute approximate surface area is 124 Å². The minimum absolute atomic E-state index is 0.480. The third-order valence-electron chi connectivity index (χ3n) is 4.61. The first kappa shape index (κ1) is 15.4. The van der Waals surface area contributed by atoms with Crippen LogP contribution in [0.3, 0.4) is 0 Å². The largest absolute Gasteiger partial charge is 0.374 e. The quantitative estimate of drug-likeness (QED) is 0.756. The van der Waals surface area contributed by atoms with Crippen LogP contribution in [0.15, 0.2) is 24.3 Å². The van der Waals surface area contributed by atoms with Crippen LogP contribution < -0.4 is 10.2 Å². The molecule has 0 spiro atoms. The van der Waals surface area contributed by atoms with Crippen LogP contribution in [0.5, 0.6) is 0 Å². The Morgan fingerprint density at radius 2 is 2.00 bits per heavy atom. The molecular formula is C18H30N2. The van der Waals surface area contributed by atoms with Crippen LogP contribution >= 0.6 is 0 Å². The van der Waals surface area contributed by atoms with Crippen molar-refractivity contribution in [3.05, 3.63) is 29.8 Å². The van der Waals surface area contributed by atoms with Crippen LogP contribution in [0.2, 0.25) is 0 Å². The molecule has 0 heterocycles. The summed E-state index contributed by atoms with van der Waals surface area (Å²) in [5.74, 6) is 0. The third kappa shape index (κ3) is 3.99. The maximum Gasteiger partial charge on any atom is 0.0366 e. The molecule has 2 rings (SSSR count). The molecule has 1 aromatic rings. The summed E-state index contributed by atoms with van der Waals surface area (Å²) in [6.07, 6.45) is 6.77. The fourth-order valence-electron chi connectivity index (χ4n) is 3.51. The minimum atomic E-state index is 0.480. The van der Waals surface area contributed by atoms with Gasteiger partial charge in [0.15, 0.2) is 0 Å². The van der Waals surface area contributed by atoms with E-state index in [1.807, 2.05) is 0 Å². The predicted molar refractivity (Wildman–Crippen MR) is 88.5 cm³/mol. The van der Waals surface area contributed by atoms with Crippen molar-refractivity contribution in [3.8, 4) is 0 Å². The Morgan fingerprint density at radius 3 is 2.65 bits per heavy atom. The van der Waals surface area contributed by atoms with E-state index in [1.54, 1.807) is 0 Å². The summed E-state index contributed by atoms with van der Waals surface area (Å²) in [4.78, 5) is 2.45. The molecule has 0 aliphatic heterocycles. The van der Waals surface area contributed by atoms with E-state index in [0.717, 1.165) is 6.54 Å². The summed E-state index contributed by atoms with van der Waals surface area (Å²) in [7, 11) is 2.24. The lowest BCUT2D eigenvalue weighted by atomic mass is 9.85. The number of anilines is 1. The molecule has 0 aromatic heterocycles. The molecule has 1 aromatic carbocycles. The molecule has 1 aliphatic carbocycles. The third-order valence-corrected chi connectivity index (χ3v) is 4.61. The zero-order chi connectivity index (χ0) is 14.4. The number of hydrogen-bond donors (Lipinski definition) is 1. The summed E-state index contributed by atoms with van der Waals surface area (Å²) in [6.45, 7) is 7.92. The zero-order valence-electron chi connectivity index (χ0n) is 13.4. The van der Waals surface area contributed by atoms with Gasteiger partial charge < -0.3 is 10.2 Å². The second-order valence-electron chi connectivity index (χ2n) is 6.58. The van der Waals surface area contributed by atoms with Crippen molar-refractivity contribution in [2.24, 2.45) is 5.41 Å². The van der Waals surface area contributed by atoms with Crippen LogP contribution in [0, 0.1) is 12.3 Å². The van der Waals surface area contributed by atoms with Crippen molar-refractivity contribution in [1.82, 2.24) is 5.32 Å². The summed E-state index contributed by atoms with van der Waals surface area (Å²) >= 11 is 0. The molecule has 20 heavy (non-hydrogen) atoms. The Bertz CT molecular complexity index is 408. The number of rotatable bonds is 7. The van der Waals surface area contributed by atoms with Gasteiger partial charge in [0.1, 0.15) is 0 Å². The van der Waals surface area contributed by atoms with E-state index in [9.17, 15) is 0 Å². The van der Waals surface area contributed by atoms with Crippen LogP contribution in [0.25, 0.3) is 0 Å². The van der Waals surface area contributed by atoms with Gasteiger partial charge in [-0.05, 0) is 50.4 Å². The maximum absolute atomic E-state index is 3.66. The molecule has 0 saturated heterocycles. The Hall–Kier alpha value is -1.02. The van der Waals surface area contributed by atoms with Crippen molar-refractivity contribution in [1.29, 1.82) is 0 Å². The molecule has 1 saturated carbocycles. The lowest BCUT2D eigenvalue weighted by molar-refractivity contribution is 0.287. The minimum Gasteiger partial charge on any atom is -0.374 e. The van der Waals surface area contributed by atoms with Gasteiger partial charge in [-0.1, -0.05) is 31.9 Å². The van der Waals surface area contributed by atoms with Gasteiger partial charge in [-0.25, -0.2) is 0 Å². The van der Waals surface area contributed by atoms with Crippen molar-refractivity contribution in [3.63, 3.8) is 0 Å². The highest BCUT2D eigenvalue weighted by molar-refractivity contribution is 5.47. The van der Waals surface area contributed by atoms with E-state index >= 15 is 0 Å². The van der Waals surface area contributed by atoms with Crippen LogP contribution in [0.1, 0.15) is 44.6 Å². The van der Waals surface area contributed by atoms with E-state index < -0.39 is 0 Å². The van der Waals surface area contributed by atoms with Gasteiger partial charge in [-0.2, -0.15) is 0 Å². The van der Waals surface area contributed by atoms with Gasteiger partial charge in [-0.15, -0.1) is 0 Å². The number of nitrogens with zero attached hydrogens (tertiary/aromatic N) is 1. The molecule has 0 atom stereocenters. The lowest BCUT2D eigenvalue weighted by Crippen LogP contribution is -2.41. The summed E-state index contributed by atoms with van der Waals surface area (Å²) in [5, 5.41) is 3.66. The second-order valence-corrected chi connectivity index (χ2v) is 6.58. The van der Waals surface area contributed by atoms with E-state index in [-0.39, 0.29) is 0 Å². The van der Waals surface area contributed by atoms with E-state index in [1.165, 1.54) is 56.4 Å². The Balaban J connectivity index is 2.00. The highest BCUT2D eigenvalue weighted by Crippen LogP contribution is 2.38. The number of aryl methyl sites for hydroxylation is 1. The molecule has 2 heteroatoms. The van der Waals surface area contributed by atoms with Gasteiger partial charge in [0.2, 0.25) is 0 Å². The maximum atomic E-state index is 3.66. The number of hydrogen-bond acceptors (Lipinski definition) is 2. The molecule has 112 valence electrons. The topological polar surface area (TPSA) is 15.3 Å². The highest BCUT2D eigenvalue weighted by Gasteiger charge is 2.34. The van der Waals surface area contributed by atoms with Crippen molar-refractivity contribution < 1.29 is 0 Å². The predicted octanol–water partition coefficient (Wildman–Crippen LogP) is 3.99. The SMILES string of the molecule is CCCNCC1(CN(C)c2cccc(C)c2)CCCC1. The van der Waals surface area contributed by atoms with Crippen LogP contribution in [0.4, 0.5) is 5.69 Å². The van der Waals surface area contributed by atoms with Gasteiger partial charge in [0.25, 0.3) is 0 Å². The van der Waals surface area contributed by atoms with Crippen LogP contribution in [-0.4, -0.2) is 26.7 Å². The van der Waals surface area contributed by atoms with Gasteiger partial charge in [-0.3, -0.25) is 0 Å². The molecule has 0 amide bonds. The van der Waals surface area contributed by atoms with E-state index in [2.05, 4.69) is 55.4 Å². The number of benzene rings is 1. The smallest absolute Gasteiger partial charge is 0.0366 e. The number of nitrogens with one attached hydrogen (secondary N) is 1. The fraction of sp³-hybridized carbons (Fsp3) is 0.667. The van der Waals surface area contributed by atoms with Gasteiger partial charge in [0, 0.05) is 31.2 Å². The fourth-order valence-corrected chi connectivity index (χ4v) is 3.51. The zero-order valence-corrected chi connectivity index (χ0v) is 13.4. The standard InChI is InChI=1S/C18H30N2/c1-4-12-19-14-18(10-5-6-11-18)15-20(3)17-9-7-8-16(2)13-17/h7-9,13,19H,4-6,10-12,14-15H2,1-3H3. The molecule has 1 aliphatic rings. The summed E-state index contributed by atoms with van der Waals surface area (Å²) in [5.41, 5.74) is 3.18. The monoisotopic (exact) mass is 274 g/mol. The van der Waals surface area contributed by atoms with Crippen molar-refractivity contribution in [2.75, 3.05) is 31.6 Å². The van der Waals surface area contributed by atoms with Crippen LogP contribution in [-0.2, 0) is 0 Å². The molecule has 1 fully saturated rings. The van der Waals surface area contributed by atoms with E-state index in [0.29, 0.717) is 5.41 Å². The first-order valence-electron chi connectivity index (χ1n) is 8.14. The summed E-state index contributed by atoms with van der Waals surface area (Å²) < 4.78 is 0. The molecule has 0 bridgehead atoms. The average molecular weight is 274 g/mol. The summed E-state index contributed by atoms with van der Waals surface area (Å²) in [6, 6.07) is 8.86. The first-order valence-corrected chi connectivity index (χ1v) is 8.14. The Morgan fingerprint density at radius 1 is 1.25 bits per heavy atom. The average Bonchev–Trinajstić information content (AvgIpc) is 2.88. The van der Waals surface area contributed by atoms with Gasteiger partial charge >= 0.3 is 0 Å². The van der Waals surface area contributed by atoms with E-state index in [4.69, 9.17) is 0 Å². The molecule has 0 radical (unpaired) electrons. The van der Waals surface area contributed by atoms with Gasteiger partial charge in [0.05, 0.1) is 0 Å². The molecule has 0 unspecified atom stereocenters. The molecular weight excluding hydrogens is 244 g/mol. The normalized spacial score (nSPS) is 17.4. The molecule has 2 nitrogen and oxygen atoms in total.